The second-order valence-electron chi connectivity index (χ2n) is 9.42. The van der Waals surface area contributed by atoms with E-state index in [1.807, 2.05) is 23.5 Å². The first-order valence-electron chi connectivity index (χ1n) is 12.8. The molecule has 1 saturated heterocycles. The maximum absolute atomic E-state index is 14.3. The van der Waals surface area contributed by atoms with Gasteiger partial charge in [0.15, 0.2) is 23.0 Å². The Morgan fingerprint density at radius 2 is 1.97 bits per heavy atom. The SMILES string of the molecule is COc1ccc(-c2cnc3c(Nc4ccc(C(=O)NCCCN5CCS(=O)CC5)c(C)c4)nccn23)cc1F. The largest absolute Gasteiger partial charge is 0.494 e. The van der Waals surface area contributed by atoms with Gasteiger partial charge in [-0.05, 0) is 61.9 Å². The van der Waals surface area contributed by atoms with Crippen LogP contribution in [0.25, 0.3) is 16.9 Å². The number of methoxy groups -OCH3 is 1. The maximum atomic E-state index is 14.3. The van der Waals surface area contributed by atoms with Crippen LogP contribution in [0.5, 0.6) is 5.75 Å². The molecular formula is C28H31FN6O3S. The number of anilines is 2. The van der Waals surface area contributed by atoms with Crippen molar-refractivity contribution in [3.05, 3.63) is 71.9 Å². The van der Waals surface area contributed by atoms with E-state index in [1.54, 1.807) is 36.8 Å². The van der Waals surface area contributed by atoms with Crippen molar-refractivity contribution in [2.75, 3.05) is 50.1 Å². The van der Waals surface area contributed by atoms with Gasteiger partial charge in [0, 0.05) is 71.1 Å². The molecule has 1 fully saturated rings. The molecule has 0 aliphatic carbocycles. The van der Waals surface area contributed by atoms with Crippen LogP contribution in [0.15, 0.2) is 55.0 Å². The van der Waals surface area contributed by atoms with Crippen LogP contribution >= 0.6 is 0 Å². The number of aryl methyl sites for hydroxylation is 1. The van der Waals surface area contributed by atoms with Gasteiger partial charge in [-0.25, -0.2) is 14.4 Å². The number of carbonyl (C=O) groups is 1. The van der Waals surface area contributed by atoms with Gasteiger partial charge in [-0.2, -0.15) is 0 Å². The van der Waals surface area contributed by atoms with Crippen LogP contribution in [0, 0.1) is 12.7 Å². The molecule has 9 nitrogen and oxygen atoms in total. The molecule has 0 radical (unpaired) electrons. The Morgan fingerprint density at radius 3 is 2.72 bits per heavy atom. The van der Waals surface area contributed by atoms with Crippen molar-refractivity contribution >= 4 is 33.9 Å². The minimum atomic E-state index is -0.676. The lowest BCUT2D eigenvalue weighted by molar-refractivity contribution is 0.0951. The van der Waals surface area contributed by atoms with Crippen molar-refractivity contribution in [2.24, 2.45) is 0 Å². The zero-order valence-electron chi connectivity index (χ0n) is 21.9. The summed E-state index contributed by atoms with van der Waals surface area (Å²) in [7, 11) is 0.755. The number of nitrogens with zero attached hydrogens (tertiary/aromatic N) is 4. The Hall–Kier alpha value is -3.83. The van der Waals surface area contributed by atoms with Crippen molar-refractivity contribution in [3.63, 3.8) is 0 Å². The molecule has 1 aliphatic rings. The zero-order valence-corrected chi connectivity index (χ0v) is 22.8. The molecular weight excluding hydrogens is 519 g/mol. The molecule has 2 aromatic heterocycles. The summed E-state index contributed by atoms with van der Waals surface area (Å²) in [5, 5.41) is 6.30. The van der Waals surface area contributed by atoms with Crippen LogP contribution in [0.2, 0.25) is 0 Å². The number of aromatic nitrogens is 3. The molecule has 2 aromatic carbocycles. The number of amides is 1. The second kappa shape index (κ2) is 11.9. The lowest BCUT2D eigenvalue weighted by Crippen LogP contribution is -2.39. The number of rotatable bonds is 9. The van der Waals surface area contributed by atoms with Crippen LogP contribution in [0.1, 0.15) is 22.3 Å². The lowest BCUT2D eigenvalue weighted by Gasteiger charge is -2.25. The highest BCUT2D eigenvalue weighted by Crippen LogP contribution is 2.28. The zero-order chi connectivity index (χ0) is 27.4. The van der Waals surface area contributed by atoms with Crippen molar-refractivity contribution in [2.45, 2.75) is 13.3 Å². The van der Waals surface area contributed by atoms with Gasteiger partial charge in [-0.1, -0.05) is 0 Å². The third kappa shape index (κ3) is 6.10. The third-order valence-electron chi connectivity index (χ3n) is 6.82. The van der Waals surface area contributed by atoms with E-state index in [2.05, 4.69) is 25.5 Å². The second-order valence-corrected chi connectivity index (χ2v) is 11.1. The molecule has 1 amide bonds. The first kappa shape index (κ1) is 26.8. The molecule has 5 rings (SSSR count). The molecule has 1 aliphatic heterocycles. The van der Waals surface area contributed by atoms with E-state index in [1.165, 1.54) is 13.2 Å². The Morgan fingerprint density at radius 1 is 1.15 bits per heavy atom. The summed E-state index contributed by atoms with van der Waals surface area (Å²) in [5.74, 6) is 1.64. The van der Waals surface area contributed by atoms with Crippen LogP contribution in [0.4, 0.5) is 15.9 Å². The van der Waals surface area contributed by atoms with Gasteiger partial charge in [0.2, 0.25) is 0 Å². The first-order chi connectivity index (χ1) is 18.9. The van der Waals surface area contributed by atoms with Gasteiger partial charge >= 0.3 is 0 Å². The average molecular weight is 551 g/mol. The quantitative estimate of drug-likeness (QED) is 0.306. The van der Waals surface area contributed by atoms with Gasteiger partial charge in [-0.15, -0.1) is 0 Å². The van der Waals surface area contributed by atoms with Crippen molar-refractivity contribution in [3.8, 4) is 17.0 Å². The van der Waals surface area contributed by atoms with E-state index in [0.29, 0.717) is 29.1 Å². The number of hydrogen-bond donors (Lipinski definition) is 2. The minimum absolute atomic E-state index is 0.108. The summed E-state index contributed by atoms with van der Waals surface area (Å²) in [6, 6.07) is 10.3. The molecule has 0 saturated carbocycles. The van der Waals surface area contributed by atoms with Crippen LogP contribution in [-0.4, -0.2) is 74.2 Å². The number of benzene rings is 2. The molecule has 11 heteroatoms. The summed E-state index contributed by atoms with van der Waals surface area (Å²) >= 11 is 0. The fourth-order valence-electron chi connectivity index (χ4n) is 4.68. The van der Waals surface area contributed by atoms with Gasteiger partial charge < -0.3 is 20.3 Å². The van der Waals surface area contributed by atoms with E-state index >= 15 is 0 Å². The highest BCUT2D eigenvalue weighted by atomic mass is 32.2. The first-order valence-corrected chi connectivity index (χ1v) is 14.3. The summed E-state index contributed by atoms with van der Waals surface area (Å²) in [6.07, 6.45) is 5.95. The Labute approximate surface area is 228 Å². The summed E-state index contributed by atoms with van der Waals surface area (Å²) < 4.78 is 32.6. The molecule has 39 heavy (non-hydrogen) atoms. The number of carbonyl (C=O) groups excluding carboxylic acids is 1. The van der Waals surface area contributed by atoms with Crippen molar-refractivity contribution in [1.82, 2.24) is 24.6 Å². The van der Waals surface area contributed by atoms with E-state index in [9.17, 15) is 13.4 Å². The predicted octanol–water partition coefficient (Wildman–Crippen LogP) is 3.78. The van der Waals surface area contributed by atoms with Crippen LogP contribution < -0.4 is 15.4 Å². The van der Waals surface area contributed by atoms with Gasteiger partial charge in [-0.3, -0.25) is 13.4 Å². The Bertz CT molecular complexity index is 1510. The van der Waals surface area contributed by atoms with Crippen LogP contribution in [0.3, 0.4) is 0 Å². The smallest absolute Gasteiger partial charge is 0.251 e. The van der Waals surface area contributed by atoms with Gasteiger partial charge in [0.25, 0.3) is 5.91 Å². The summed E-state index contributed by atoms with van der Waals surface area (Å²) in [4.78, 5) is 24.0. The molecule has 3 heterocycles. The van der Waals surface area contributed by atoms with E-state index in [4.69, 9.17) is 4.74 Å². The standard InChI is InChI=1S/C28H31FN6O3S/c1-19-16-21(5-6-22(19)28(36)31-8-3-10-34-12-14-39(37)15-13-34)33-26-27-32-18-24(35(27)11-9-30-26)20-4-7-25(38-2)23(29)17-20/h4-7,9,11,16-18H,3,8,10,12-15H2,1-2H3,(H,30,33)(H,31,36). The van der Waals surface area contributed by atoms with Crippen molar-refractivity contribution < 1.29 is 18.1 Å². The molecule has 4 aromatic rings. The average Bonchev–Trinajstić information content (AvgIpc) is 3.37. The Balaban J connectivity index is 1.23. The Kier molecular flexibility index (Phi) is 8.18. The minimum Gasteiger partial charge on any atom is -0.494 e. The van der Waals surface area contributed by atoms with E-state index in [0.717, 1.165) is 54.5 Å². The number of imidazole rings is 1. The molecule has 0 bridgehead atoms. The normalized spacial score (nSPS) is 14.4. The monoisotopic (exact) mass is 550 g/mol. The van der Waals surface area contributed by atoms with E-state index in [-0.39, 0.29) is 11.7 Å². The third-order valence-corrected chi connectivity index (χ3v) is 8.09. The highest BCUT2D eigenvalue weighted by Gasteiger charge is 2.16. The lowest BCUT2D eigenvalue weighted by atomic mass is 10.1. The topological polar surface area (TPSA) is 101 Å². The van der Waals surface area contributed by atoms with E-state index < -0.39 is 16.6 Å². The fraction of sp³-hybridized carbons (Fsp3) is 0.321. The number of fused-ring (bicyclic) bond motifs is 1. The molecule has 204 valence electrons. The predicted molar refractivity (Wildman–Crippen MR) is 151 cm³/mol. The number of halogens is 1. The molecule has 0 unspecified atom stereocenters. The number of nitrogens with one attached hydrogen (secondary N) is 2. The van der Waals surface area contributed by atoms with Crippen molar-refractivity contribution in [1.29, 1.82) is 0 Å². The molecule has 0 atom stereocenters. The summed E-state index contributed by atoms with van der Waals surface area (Å²) in [5.41, 5.74) is 4.19. The number of hydrogen-bond acceptors (Lipinski definition) is 7. The van der Waals surface area contributed by atoms with Crippen LogP contribution in [-0.2, 0) is 10.8 Å². The maximum Gasteiger partial charge on any atom is 0.251 e. The highest BCUT2D eigenvalue weighted by molar-refractivity contribution is 7.85. The number of ether oxygens (including phenoxy) is 1. The van der Waals surface area contributed by atoms with Gasteiger partial charge in [0.1, 0.15) is 0 Å². The fourth-order valence-corrected chi connectivity index (χ4v) is 5.81. The molecule has 0 spiro atoms. The molecule has 2 N–H and O–H groups in total. The van der Waals surface area contributed by atoms with Gasteiger partial charge in [0.05, 0.1) is 19.0 Å². The summed E-state index contributed by atoms with van der Waals surface area (Å²) in [6.45, 7) is 5.09.